The fraction of sp³-hybridized carbons (Fsp3) is 0.458. The van der Waals surface area contributed by atoms with E-state index in [1.807, 2.05) is 32.0 Å². The minimum absolute atomic E-state index is 0.348. The first-order chi connectivity index (χ1) is 15.0. The van der Waals surface area contributed by atoms with Gasteiger partial charge in [0.15, 0.2) is 0 Å². The van der Waals surface area contributed by atoms with Crippen molar-refractivity contribution in [2.75, 3.05) is 5.32 Å². The molecule has 1 aromatic heterocycles. The van der Waals surface area contributed by atoms with E-state index >= 15 is 0 Å². The molecule has 0 bridgehead atoms. The molecule has 0 saturated carbocycles. The number of nitrogens with one attached hydrogen (secondary N) is 2. The predicted octanol–water partition coefficient (Wildman–Crippen LogP) is 4.88. The van der Waals surface area contributed by atoms with Crippen LogP contribution < -0.4 is 15.4 Å². The van der Waals surface area contributed by atoms with Crippen molar-refractivity contribution >= 4 is 17.7 Å². The Morgan fingerprint density at radius 3 is 2.59 bits per heavy atom. The summed E-state index contributed by atoms with van der Waals surface area (Å²) in [6.07, 6.45) is 1.29. The number of hydrogen-bond donors (Lipinski definition) is 2. The van der Waals surface area contributed by atoms with Crippen molar-refractivity contribution in [1.29, 1.82) is 0 Å². The summed E-state index contributed by atoms with van der Waals surface area (Å²) < 4.78 is 16.9. The standard InChI is InChI=1S/C24H31N3O5/c1-7-19(27-22(29)32-23(2,3)4)21(28)26-16-9-11-20(25-13-16)31-17-10-8-15-14-30-24(5,6)18(15)12-17/h8-13,19H,7,14H2,1-6H3,(H,26,28)(H,27,29). The summed E-state index contributed by atoms with van der Waals surface area (Å²) in [6, 6.07) is 8.49. The van der Waals surface area contributed by atoms with Gasteiger partial charge >= 0.3 is 6.09 Å². The smallest absolute Gasteiger partial charge is 0.408 e. The number of ether oxygens (including phenoxy) is 3. The van der Waals surface area contributed by atoms with Crippen LogP contribution in [0.2, 0.25) is 0 Å². The highest BCUT2D eigenvalue weighted by Gasteiger charge is 2.31. The number of aromatic nitrogens is 1. The van der Waals surface area contributed by atoms with Crippen LogP contribution in [0.5, 0.6) is 11.6 Å². The number of pyridine rings is 1. The number of carbonyl (C=O) groups excluding carboxylic acids is 2. The third kappa shape index (κ3) is 5.97. The normalized spacial score (nSPS) is 15.4. The van der Waals surface area contributed by atoms with Gasteiger partial charge in [0.25, 0.3) is 0 Å². The van der Waals surface area contributed by atoms with Crippen LogP contribution in [0, 0.1) is 0 Å². The summed E-state index contributed by atoms with van der Waals surface area (Å²) in [5.41, 5.74) is 1.76. The maximum Gasteiger partial charge on any atom is 0.408 e. The summed E-state index contributed by atoms with van der Waals surface area (Å²) >= 11 is 0. The molecule has 2 aromatic rings. The van der Waals surface area contributed by atoms with Gasteiger partial charge in [0, 0.05) is 6.07 Å². The van der Waals surface area contributed by atoms with Gasteiger partial charge in [-0.3, -0.25) is 4.79 Å². The topological polar surface area (TPSA) is 98.8 Å². The maximum absolute atomic E-state index is 12.5. The third-order valence-corrected chi connectivity index (χ3v) is 4.96. The third-order valence-electron chi connectivity index (χ3n) is 4.96. The zero-order valence-electron chi connectivity index (χ0n) is 19.4. The zero-order valence-corrected chi connectivity index (χ0v) is 19.4. The van der Waals surface area contributed by atoms with E-state index in [0.29, 0.717) is 30.3 Å². The van der Waals surface area contributed by atoms with Crippen molar-refractivity contribution in [1.82, 2.24) is 10.3 Å². The van der Waals surface area contributed by atoms with Crippen LogP contribution in [0.15, 0.2) is 36.5 Å². The Balaban J connectivity index is 1.60. The first kappa shape index (κ1) is 23.5. The van der Waals surface area contributed by atoms with E-state index in [9.17, 15) is 9.59 Å². The average Bonchev–Trinajstić information content (AvgIpc) is 3.00. The van der Waals surface area contributed by atoms with Crippen molar-refractivity contribution < 1.29 is 23.8 Å². The van der Waals surface area contributed by atoms with Crippen molar-refractivity contribution in [2.24, 2.45) is 0 Å². The zero-order chi connectivity index (χ0) is 23.5. The molecule has 2 amide bonds. The number of hydrogen-bond acceptors (Lipinski definition) is 6. The molecule has 8 nitrogen and oxygen atoms in total. The largest absolute Gasteiger partial charge is 0.444 e. The highest BCUT2D eigenvalue weighted by Crippen LogP contribution is 2.38. The molecule has 0 aliphatic carbocycles. The lowest BCUT2D eigenvalue weighted by atomic mass is 9.96. The van der Waals surface area contributed by atoms with Gasteiger partial charge in [-0.15, -0.1) is 0 Å². The molecule has 0 spiro atoms. The lowest BCUT2D eigenvalue weighted by molar-refractivity contribution is -0.118. The van der Waals surface area contributed by atoms with Gasteiger partial charge in [0.1, 0.15) is 17.4 Å². The predicted molar refractivity (Wildman–Crippen MR) is 121 cm³/mol. The number of rotatable bonds is 6. The van der Waals surface area contributed by atoms with Crippen LogP contribution >= 0.6 is 0 Å². The van der Waals surface area contributed by atoms with Crippen molar-refractivity contribution in [3.63, 3.8) is 0 Å². The maximum atomic E-state index is 12.5. The number of alkyl carbamates (subject to hydrolysis) is 1. The van der Waals surface area contributed by atoms with E-state index < -0.39 is 17.7 Å². The van der Waals surface area contributed by atoms with E-state index in [1.165, 1.54) is 6.20 Å². The second kappa shape index (κ2) is 9.16. The molecule has 0 fully saturated rings. The summed E-state index contributed by atoms with van der Waals surface area (Å²) in [5, 5.41) is 5.34. The minimum atomic E-state index is -0.724. The van der Waals surface area contributed by atoms with E-state index in [4.69, 9.17) is 14.2 Å². The second-order valence-electron chi connectivity index (χ2n) is 9.20. The average molecular weight is 442 g/mol. The molecular weight excluding hydrogens is 410 g/mol. The van der Waals surface area contributed by atoms with Crippen molar-refractivity contribution in [3.05, 3.63) is 47.7 Å². The molecule has 2 N–H and O–H groups in total. The molecule has 1 aromatic carbocycles. The van der Waals surface area contributed by atoms with Crippen LogP contribution in [-0.2, 0) is 26.5 Å². The van der Waals surface area contributed by atoms with E-state index in [0.717, 1.165) is 11.1 Å². The van der Waals surface area contributed by atoms with Crippen molar-refractivity contribution in [3.8, 4) is 11.6 Å². The molecule has 172 valence electrons. The van der Waals surface area contributed by atoms with Crippen LogP contribution in [0.1, 0.15) is 59.1 Å². The lowest BCUT2D eigenvalue weighted by Crippen LogP contribution is -2.45. The van der Waals surface area contributed by atoms with Gasteiger partial charge in [0.05, 0.1) is 24.1 Å². The Labute approximate surface area is 188 Å². The Bertz CT molecular complexity index is 980. The minimum Gasteiger partial charge on any atom is -0.444 e. The monoisotopic (exact) mass is 441 g/mol. The number of carbonyl (C=O) groups is 2. The van der Waals surface area contributed by atoms with Crippen LogP contribution in [0.25, 0.3) is 0 Å². The highest BCUT2D eigenvalue weighted by atomic mass is 16.6. The van der Waals surface area contributed by atoms with Crippen molar-refractivity contribution in [2.45, 2.75) is 71.8 Å². The molecule has 1 aliphatic heterocycles. The number of fused-ring (bicyclic) bond motifs is 1. The van der Waals surface area contributed by atoms with Gasteiger partial charge in [0.2, 0.25) is 11.8 Å². The van der Waals surface area contributed by atoms with E-state index in [2.05, 4.69) is 15.6 Å². The van der Waals surface area contributed by atoms with Crippen LogP contribution in [0.3, 0.4) is 0 Å². The second-order valence-corrected chi connectivity index (χ2v) is 9.20. The quantitative estimate of drug-likeness (QED) is 0.663. The number of amides is 2. The first-order valence-corrected chi connectivity index (χ1v) is 10.7. The van der Waals surface area contributed by atoms with Gasteiger partial charge in [-0.1, -0.05) is 13.0 Å². The first-order valence-electron chi connectivity index (χ1n) is 10.7. The molecule has 1 atom stereocenters. The molecular formula is C24H31N3O5. The highest BCUT2D eigenvalue weighted by molar-refractivity contribution is 5.96. The van der Waals surface area contributed by atoms with Gasteiger partial charge in [-0.05, 0) is 70.4 Å². The summed E-state index contributed by atoms with van der Waals surface area (Å²) in [6.45, 7) is 11.7. The number of anilines is 1. The van der Waals surface area contributed by atoms with Gasteiger partial charge in [-0.2, -0.15) is 0 Å². The Kier molecular flexibility index (Phi) is 6.74. The lowest BCUT2D eigenvalue weighted by Gasteiger charge is -2.22. The molecule has 0 radical (unpaired) electrons. The molecule has 3 rings (SSSR count). The Morgan fingerprint density at radius 1 is 1.22 bits per heavy atom. The molecule has 8 heteroatoms. The fourth-order valence-electron chi connectivity index (χ4n) is 3.31. The van der Waals surface area contributed by atoms with E-state index in [1.54, 1.807) is 39.8 Å². The summed E-state index contributed by atoms with van der Waals surface area (Å²) in [5.74, 6) is 0.715. The molecule has 0 saturated heterocycles. The van der Waals surface area contributed by atoms with E-state index in [-0.39, 0.29) is 11.5 Å². The van der Waals surface area contributed by atoms with Crippen LogP contribution in [0.4, 0.5) is 10.5 Å². The molecule has 1 aliphatic rings. The molecule has 2 heterocycles. The molecule has 32 heavy (non-hydrogen) atoms. The van der Waals surface area contributed by atoms with Gasteiger partial charge < -0.3 is 24.8 Å². The van der Waals surface area contributed by atoms with Gasteiger partial charge in [-0.25, -0.2) is 9.78 Å². The SMILES string of the molecule is CCC(NC(=O)OC(C)(C)C)C(=O)Nc1ccc(Oc2ccc3c(c2)C(C)(C)OC3)nc1. The number of nitrogens with zero attached hydrogens (tertiary/aromatic N) is 1. The van der Waals surface area contributed by atoms with Crippen LogP contribution in [-0.4, -0.2) is 28.6 Å². The summed E-state index contributed by atoms with van der Waals surface area (Å²) in [4.78, 5) is 28.8. The Morgan fingerprint density at radius 2 is 1.97 bits per heavy atom. The molecule has 1 unspecified atom stereocenters. The number of benzene rings is 1. The fourth-order valence-corrected chi connectivity index (χ4v) is 3.31. The Hall–Kier alpha value is -3.13. The summed E-state index contributed by atoms with van der Waals surface area (Å²) in [7, 11) is 0.